The molecule has 2 rings (SSSR count). The number of ether oxygens (including phenoxy) is 1. The van der Waals surface area contributed by atoms with Crippen LogP contribution in [-0.4, -0.2) is 37.7 Å². The molecule has 9 nitrogen and oxygen atoms in total. The maximum absolute atomic E-state index is 11.8. The van der Waals surface area contributed by atoms with E-state index in [1.165, 1.54) is 10.9 Å². The molecule has 0 aromatic carbocycles. The molecular weight excluding hydrogens is 300 g/mol. The van der Waals surface area contributed by atoms with E-state index < -0.39 is 5.97 Å². The first-order valence-electron chi connectivity index (χ1n) is 7.14. The molecular formula is C14H20N6O3. The second-order valence-electron chi connectivity index (χ2n) is 5.95. The lowest BCUT2D eigenvalue weighted by atomic mass is 9.91. The number of hydrogen-bond acceptors (Lipinski definition) is 7. The van der Waals surface area contributed by atoms with Gasteiger partial charge in [0.25, 0.3) is 0 Å². The number of H-pyrrole nitrogens is 1. The number of rotatable bonds is 4. The van der Waals surface area contributed by atoms with Crippen molar-refractivity contribution >= 4 is 17.5 Å². The summed E-state index contributed by atoms with van der Waals surface area (Å²) in [6.45, 7) is 7.82. The number of hydrogen-bond donors (Lipinski definition) is 2. The van der Waals surface area contributed by atoms with Gasteiger partial charge in [0.15, 0.2) is 11.5 Å². The van der Waals surface area contributed by atoms with E-state index in [2.05, 4.69) is 25.5 Å². The molecule has 0 amide bonds. The molecule has 23 heavy (non-hydrogen) atoms. The monoisotopic (exact) mass is 320 g/mol. The first-order chi connectivity index (χ1) is 10.8. The zero-order valence-electron chi connectivity index (χ0n) is 13.8. The number of aryl methyl sites for hydroxylation is 1. The molecule has 0 aliphatic heterocycles. The standard InChI is InChI=1S/C14H20N6O3/c1-6-23-13(22)8-7-15-17-11(8)18-16-9-10(14(2,3)4)19-20(5)12(9)21/h7,21H,6H2,1-5H3,(H,15,17)/b18-16+. The SMILES string of the molecule is CCOC(=O)c1cn[nH]c1/N=N/c1c(C(C)(C)C)nn(C)c1O. The van der Waals surface area contributed by atoms with Crippen molar-refractivity contribution in [3.8, 4) is 5.88 Å². The van der Waals surface area contributed by atoms with E-state index in [0.29, 0.717) is 5.69 Å². The zero-order chi connectivity index (χ0) is 17.2. The third-order valence-electron chi connectivity index (χ3n) is 3.07. The van der Waals surface area contributed by atoms with Crippen LogP contribution in [0, 0.1) is 0 Å². The van der Waals surface area contributed by atoms with Crippen LogP contribution in [0.25, 0.3) is 0 Å². The summed E-state index contributed by atoms with van der Waals surface area (Å²) in [4.78, 5) is 11.8. The van der Waals surface area contributed by atoms with Gasteiger partial charge in [-0.3, -0.25) is 5.10 Å². The Morgan fingerprint density at radius 3 is 2.74 bits per heavy atom. The predicted octanol–water partition coefficient (Wildman–Crippen LogP) is 2.74. The van der Waals surface area contributed by atoms with Crippen LogP contribution in [0.15, 0.2) is 16.4 Å². The third-order valence-corrected chi connectivity index (χ3v) is 3.07. The lowest BCUT2D eigenvalue weighted by Gasteiger charge is -2.14. The molecule has 9 heteroatoms. The quantitative estimate of drug-likeness (QED) is 0.663. The van der Waals surface area contributed by atoms with Crippen molar-refractivity contribution in [2.45, 2.75) is 33.1 Å². The number of carbonyl (C=O) groups excluding carboxylic acids is 1. The summed E-state index contributed by atoms with van der Waals surface area (Å²) in [6.07, 6.45) is 1.32. The Labute approximate surface area is 133 Å². The zero-order valence-corrected chi connectivity index (χ0v) is 13.8. The van der Waals surface area contributed by atoms with Crippen LogP contribution in [-0.2, 0) is 17.2 Å². The summed E-state index contributed by atoms with van der Waals surface area (Å²) in [6, 6.07) is 0. The Morgan fingerprint density at radius 2 is 2.13 bits per heavy atom. The van der Waals surface area contributed by atoms with Crippen LogP contribution in [0.5, 0.6) is 5.88 Å². The molecule has 2 heterocycles. The van der Waals surface area contributed by atoms with Gasteiger partial charge in [0.05, 0.1) is 18.5 Å². The molecule has 2 aromatic rings. The molecule has 0 fully saturated rings. The van der Waals surface area contributed by atoms with Crippen molar-refractivity contribution in [1.29, 1.82) is 0 Å². The number of carbonyl (C=O) groups is 1. The first-order valence-corrected chi connectivity index (χ1v) is 7.14. The van der Waals surface area contributed by atoms with Crippen molar-refractivity contribution in [2.24, 2.45) is 17.3 Å². The highest BCUT2D eigenvalue weighted by Crippen LogP contribution is 2.38. The fourth-order valence-corrected chi connectivity index (χ4v) is 1.91. The van der Waals surface area contributed by atoms with E-state index in [9.17, 15) is 9.90 Å². The van der Waals surface area contributed by atoms with Gasteiger partial charge in [0, 0.05) is 12.5 Å². The van der Waals surface area contributed by atoms with Crippen molar-refractivity contribution in [3.05, 3.63) is 17.5 Å². The predicted molar refractivity (Wildman–Crippen MR) is 82.3 cm³/mol. The van der Waals surface area contributed by atoms with Gasteiger partial charge in [-0.25, -0.2) is 9.48 Å². The van der Waals surface area contributed by atoms with Gasteiger partial charge in [-0.1, -0.05) is 20.8 Å². The van der Waals surface area contributed by atoms with E-state index in [0.717, 1.165) is 0 Å². The Balaban J connectivity index is 2.39. The number of aromatic amines is 1. The highest BCUT2D eigenvalue weighted by atomic mass is 16.5. The number of nitrogens with zero attached hydrogens (tertiary/aromatic N) is 5. The summed E-state index contributed by atoms with van der Waals surface area (Å²) < 4.78 is 6.25. The van der Waals surface area contributed by atoms with Gasteiger partial charge in [-0.05, 0) is 6.92 Å². The molecule has 0 saturated carbocycles. The lowest BCUT2D eigenvalue weighted by molar-refractivity contribution is 0.0527. The smallest absolute Gasteiger partial charge is 0.343 e. The summed E-state index contributed by atoms with van der Waals surface area (Å²) in [5, 5.41) is 28.8. The first kappa shape index (κ1) is 16.7. The van der Waals surface area contributed by atoms with E-state index in [1.54, 1.807) is 14.0 Å². The van der Waals surface area contributed by atoms with Crippen LogP contribution < -0.4 is 0 Å². The molecule has 124 valence electrons. The number of aromatic nitrogens is 4. The topological polar surface area (TPSA) is 118 Å². The average Bonchev–Trinajstić information content (AvgIpc) is 3.03. The van der Waals surface area contributed by atoms with E-state index in [-0.39, 0.29) is 35.0 Å². The summed E-state index contributed by atoms with van der Waals surface area (Å²) in [7, 11) is 1.61. The maximum atomic E-state index is 11.8. The van der Waals surface area contributed by atoms with Crippen molar-refractivity contribution < 1.29 is 14.6 Å². The maximum Gasteiger partial charge on any atom is 0.343 e. The van der Waals surface area contributed by atoms with E-state index in [1.807, 2.05) is 20.8 Å². The van der Waals surface area contributed by atoms with Crippen LogP contribution in [0.4, 0.5) is 11.5 Å². The number of aromatic hydroxyl groups is 1. The van der Waals surface area contributed by atoms with Crippen LogP contribution in [0.1, 0.15) is 43.7 Å². The highest BCUT2D eigenvalue weighted by molar-refractivity contribution is 5.93. The highest BCUT2D eigenvalue weighted by Gasteiger charge is 2.26. The molecule has 0 radical (unpaired) electrons. The number of nitrogens with one attached hydrogen (secondary N) is 1. The third kappa shape index (κ3) is 3.38. The summed E-state index contributed by atoms with van der Waals surface area (Å²) in [5.74, 6) is -0.482. The van der Waals surface area contributed by atoms with Crippen molar-refractivity contribution in [1.82, 2.24) is 20.0 Å². The van der Waals surface area contributed by atoms with Crippen LogP contribution in [0.3, 0.4) is 0 Å². The van der Waals surface area contributed by atoms with Gasteiger partial charge in [-0.15, -0.1) is 10.2 Å². The largest absolute Gasteiger partial charge is 0.492 e. The van der Waals surface area contributed by atoms with Gasteiger partial charge in [0.1, 0.15) is 5.56 Å². The average molecular weight is 320 g/mol. The normalized spacial score (nSPS) is 12.0. The Morgan fingerprint density at radius 1 is 1.43 bits per heavy atom. The second-order valence-corrected chi connectivity index (χ2v) is 5.95. The molecule has 0 unspecified atom stereocenters. The molecule has 2 N–H and O–H groups in total. The van der Waals surface area contributed by atoms with Crippen molar-refractivity contribution in [3.63, 3.8) is 0 Å². The van der Waals surface area contributed by atoms with E-state index >= 15 is 0 Å². The summed E-state index contributed by atoms with van der Waals surface area (Å²) in [5.41, 5.74) is 0.699. The molecule has 0 aliphatic rings. The minimum Gasteiger partial charge on any atom is -0.492 e. The molecule has 0 aliphatic carbocycles. The van der Waals surface area contributed by atoms with Crippen LogP contribution in [0.2, 0.25) is 0 Å². The fourth-order valence-electron chi connectivity index (χ4n) is 1.91. The minimum absolute atomic E-state index is 0.101. The van der Waals surface area contributed by atoms with Gasteiger partial charge in [-0.2, -0.15) is 10.2 Å². The number of azo groups is 1. The second kappa shape index (κ2) is 6.19. The van der Waals surface area contributed by atoms with Crippen LogP contribution >= 0.6 is 0 Å². The van der Waals surface area contributed by atoms with Crippen molar-refractivity contribution in [2.75, 3.05) is 6.61 Å². The van der Waals surface area contributed by atoms with Gasteiger partial charge in [0.2, 0.25) is 5.88 Å². The number of esters is 1. The molecule has 2 aromatic heterocycles. The Kier molecular flexibility index (Phi) is 4.48. The minimum atomic E-state index is -0.540. The van der Waals surface area contributed by atoms with Gasteiger partial charge >= 0.3 is 5.97 Å². The Hall–Kier alpha value is -2.71. The molecule has 0 bridgehead atoms. The molecule has 0 atom stereocenters. The van der Waals surface area contributed by atoms with E-state index in [4.69, 9.17) is 4.74 Å². The van der Waals surface area contributed by atoms with Gasteiger partial charge < -0.3 is 9.84 Å². The molecule has 0 saturated heterocycles. The molecule has 0 spiro atoms. The summed E-state index contributed by atoms with van der Waals surface area (Å²) >= 11 is 0. The Bertz CT molecular complexity index is 738. The fraction of sp³-hybridized carbons (Fsp3) is 0.500. The lowest BCUT2D eigenvalue weighted by Crippen LogP contribution is -2.12.